The maximum absolute atomic E-state index is 12.9. The first kappa shape index (κ1) is 14.5. The molecule has 0 spiro atoms. The van der Waals surface area contributed by atoms with E-state index in [4.69, 9.17) is 5.11 Å². The Labute approximate surface area is 120 Å². The third kappa shape index (κ3) is 4.04. The predicted octanol–water partition coefficient (Wildman–Crippen LogP) is 2.77. The zero-order valence-electron chi connectivity index (χ0n) is 10.9. The van der Waals surface area contributed by atoms with Crippen molar-refractivity contribution in [3.8, 4) is 0 Å². The lowest BCUT2D eigenvalue weighted by Crippen LogP contribution is -2.36. The van der Waals surface area contributed by atoms with E-state index in [9.17, 15) is 14.0 Å². The summed E-state index contributed by atoms with van der Waals surface area (Å²) in [6.07, 6.45) is -1.34. The Morgan fingerprint density at radius 3 is 2.19 bits per heavy atom. The van der Waals surface area contributed by atoms with Crippen molar-refractivity contribution in [3.05, 3.63) is 66.0 Å². The van der Waals surface area contributed by atoms with Crippen LogP contribution in [-0.2, 0) is 4.79 Å². The highest BCUT2D eigenvalue weighted by molar-refractivity contribution is 5.97. The molecule has 0 saturated heterocycles. The van der Waals surface area contributed by atoms with Gasteiger partial charge in [-0.1, -0.05) is 30.3 Å². The zero-order valence-corrected chi connectivity index (χ0v) is 10.9. The minimum atomic E-state index is -1.34. The lowest BCUT2D eigenvalue weighted by molar-refractivity contribution is -0.118. The Kier molecular flexibility index (Phi) is 4.50. The molecule has 0 aromatic heterocycles. The van der Waals surface area contributed by atoms with Gasteiger partial charge in [0, 0.05) is 5.69 Å². The van der Waals surface area contributed by atoms with E-state index in [2.05, 4.69) is 10.6 Å². The molecule has 108 valence electrons. The molecule has 0 heterocycles. The van der Waals surface area contributed by atoms with Crippen LogP contribution in [0.5, 0.6) is 0 Å². The smallest absolute Gasteiger partial charge is 0.405 e. The van der Waals surface area contributed by atoms with E-state index < -0.39 is 23.9 Å². The molecular formula is C15H13FN2O3. The second kappa shape index (κ2) is 6.51. The molecule has 2 aromatic rings. The molecule has 0 saturated carbocycles. The molecule has 5 nitrogen and oxygen atoms in total. The highest BCUT2D eigenvalue weighted by atomic mass is 19.1. The molecule has 0 bridgehead atoms. The molecule has 2 aromatic carbocycles. The number of para-hydroxylation sites is 1. The number of amides is 2. The first-order chi connectivity index (χ1) is 10.1. The van der Waals surface area contributed by atoms with E-state index in [-0.39, 0.29) is 0 Å². The number of halogens is 1. The van der Waals surface area contributed by atoms with Crippen molar-refractivity contribution in [2.24, 2.45) is 0 Å². The van der Waals surface area contributed by atoms with Crippen molar-refractivity contribution in [1.29, 1.82) is 0 Å². The summed E-state index contributed by atoms with van der Waals surface area (Å²) in [6, 6.07) is 12.6. The third-order valence-electron chi connectivity index (χ3n) is 2.77. The number of carbonyl (C=O) groups is 2. The quantitative estimate of drug-likeness (QED) is 0.809. The monoisotopic (exact) mass is 288 g/mol. The normalized spacial score (nSPS) is 11.5. The van der Waals surface area contributed by atoms with Crippen molar-refractivity contribution in [2.45, 2.75) is 6.04 Å². The molecule has 0 radical (unpaired) electrons. The lowest BCUT2D eigenvalue weighted by Gasteiger charge is -2.17. The number of benzene rings is 2. The highest BCUT2D eigenvalue weighted by Crippen LogP contribution is 2.16. The van der Waals surface area contributed by atoms with Gasteiger partial charge >= 0.3 is 6.09 Å². The molecule has 0 aliphatic heterocycles. The number of carboxylic acid groups (broad SMARTS) is 1. The molecule has 0 aliphatic rings. The summed E-state index contributed by atoms with van der Waals surface area (Å²) >= 11 is 0. The van der Waals surface area contributed by atoms with E-state index in [0.29, 0.717) is 11.3 Å². The van der Waals surface area contributed by atoms with Gasteiger partial charge in [0.1, 0.15) is 11.9 Å². The minimum Gasteiger partial charge on any atom is -0.465 e. The average molecular weight is 288 g/mol. The van der Waals surface area contributed by atoms with Gasteiger partial charge in [0.25, 0.3) is 5.91 Å². The van der Waals surface area contributed by atoms with Gasteiger partial charge in [-0.05, 0) is 29.8 Å². The molecule has 3 N–H and O–H groups in total. The fourth-order valence-corrected chi connectivity index (χ4v) is 1.81. The van der Waals surface area contributed by atoms with Gasteiger partial charge in [-0.25, -0.2) is 9.18 Å². The SMILES string of the molecule is O=C(O)NC(C(=O)Nc1ccccc1)c1ccc(F)cc1. The van der Waals surface area contributed by atoms with Crippen LogP contribution in [0, 0.1) is 5.82 Å². The van der Waals surface area contributed by atoms with Crippen LogP contribution in [0.15, 0.2) is 54.6 Å². The van der Waals surface area contributed by atoms with Crippen molar-refractivity contribution >= 4 is 17.7 Å². The first-order valence-electron chi connectivity index (χ1n) is 6.17. The van der Waals surface area contributed by atoms with Crippen LogP contribution < -0.4 is 10.6 Å². The van der Waals surface area contributed by atoms with E-state index in [0.717, 1.165) is 0 Å². The summed E-state index contributed by atoms with van der Waals surface area (Å²) in [4.78, 5) is 23.0. The Hall–Kier alpha value is -2.89. The molecule has 2 amide bonds. The fraction of sp³-hybridized carbons (Fsp3) is 0.0667. The van der Waals surface area contributed by atoms with Gasteiger partial charge in [-0.15, -0.1) is 0 Å². The second-order valence-corrected chi connectivity index (χ2v) is 4.29. The summed E-state index contributed by atoms with van der Waals surface area (Å²) in [5.74, 6) is -1.01. The van der Waals surface area contributed by atoms with Crippen molar-refractivity contribution in [3.63, 3.8) is 0 Å². The van der Waals surface area contributed by atoms with Crippen LogP contribution in [0.2, 0.25) is 0 Å². The summed E-state index contributed by atoms with van der Waals surface area (Å²) in [5, 5.41) is 13.6. The lowest BCUT2D eigenvalue weighted by atomic mass is 10.1. The van der Waals surface area contributed by atoms with Crippen molar-refractivity contribution in [1.82, 2.24) is 5.32 Å². The predicted molar refractivity (Wildman–Crippen MR) is 75.4 cm³/mol. The molecule has 21 heavy (non-hydrogen) atoms. The highest BCUT2D eigenvalue weighted by Gasteiger charge is 2.22. The van der Waals surface area contributed by atoms with Crippen molar-refractivity contribution in [2.75, 3.05) is 5.32 Å². The van der Waals surface area contributed by atoms with Gasteiger partial charge in [0.05, 0.1) is 0 Å². The molecule has 0 fully saturated rings. The van der Waals surface area contributed by atoms with Gasteiger partial charge in [0.2, 0.25) is 0 Å². The number of hydrogen-bond donors (Lipinski definition) is 3. The Bertz CT molecular complexity index is 629. The number of rotatable bonds is 4. The molecular weight excluding hydrogens is 275 g/mol. The van der Waals surface area contributed by atoms with E-state index in [1.165, 1.54) is 24.3 Å². The standard InChI is InChI=1S/C15H13FN2O3/c16-11-8-6-10(7-9-11)13(18-15(20)21)14(19)17-12-4-2-1-3-5-12/h1-9,13,18H,(H,17,19)(H,20,21). The molecule has 1 atom stereocenters. The first-order valence-corrected chi connectivity index (χ1v) is 6.17. The van der Waals surface area contributed by atoms with Gasteiger partial charge in [-0.2, -0.15) is 0 Å². The van der Waals surface area contributed by atoms with Crippen LogP contribution in [0.1, 0.15) is 11.6 Å². The minimum absolute atomic E-state index is 0.354. The molecule has 0 aliphatic carbocycles. The Morgan fingerprint density at radius 2 is 1.62 bits per heavy atom. The van der Waals surface area contributed by atoms with Crippen LogP contribution in [0.25, 0.3) is 0 Å². The largest absolute Gasteiger partial charge is 0.465 e. The van der Waals surface area contributed by atoms with Crippen LogP contribution in [0.4, 0.5) is 14.9 Å². The molecule has 1 unspecified atom stereocenters. The number of carbonyl (C=O) groups excluding carboxylic acids is 1. The van der Waals surface area contributed by atoms with E-state index >= 15 is 0 Å². The number of nitrogens with one attached hydrogen (secondary N) is 2. The second-order valence-electron chi connectivity index (χ2n) is 4.29. The number of anilines is 1. The maximum Gasteiger partial charge on any atom is 0.405 e. The van der Waals surface area contributed by atoms with E-state index in [1.54, 1.807) is 30.3 Å². The summed E-state index contributed by atoms with van der Waals surface area (Å²) in [6.45, 7) is 0. The van der Waals surface area contributed by atoms with Crippen molar-refractivity contribution < 1.29 is 19.1 Å². The fourth-order valence-electron chi connectivity index (χ4n) is 1.81. The van der Waals surface area contributed by atoms with E-state index in [1.807, 2.05) is 0 Å². The summed E-state index contributed by atoms with van der Waals surface area (Å²) in [7, 11) is 0. The Balaban J connectivity index is 2.21. The third-order valence-corrected chi connectivity index (χ3v) is 2.77. The maximum atomic E-state index is 12.9. The zero-order chi connectivity index (χ0) is 15.2. The Morgan fingerprint density at radius 1 is 1.00 bits per heavy atom. The molecule has 6 heteroatoms. The van der Waals surface area contributed by atoms with Crippen LogP contribution >= 0.6 is 0 Å². The van der Waals surface area contributed by atoms with Gasteiger partial charge in [0.15, 0.2) is 0 Å². The number of hydrogen-bond acceptors (Lipinski definition) is 2. The van der Waals surface area contributed by atoms with Crippen LogP contribution in [0.3, 0.4) is 0 Å². The topological polar surface area (TPSA) is 78.4 Å². The molecule has 2 rings (SSSR count). The summed E-state index contributed by atoms with van der Waals surface area (Å²) in [5.41, 5.74) is 0.897. The van der Waals surface area contributed by atoms with Gasteiger partial charge < -0.3 is 15.7 Å². The summed E-state index contributed by atoms with van der Waals surface area (Å²) < 4.78 is 12.9. The average Bonchev–Trinajstić information content (AvgIpc) is 2.46. The van der Waals surface area contributed by atoms with Crippen LogP contribution in [-0.4, -0.2) is 17.1 Å². The van der Waals surface area contributed by atoms with Gasteiger partial charge in [-0.3, -0.25) is 4.79 Å².